The molecule has 2 aromatic rings. The minimum Gasteiger partial charge on any atom is -0.350 e. The van der Waals surface area contributed by atoms with Gasteiger partial charge < -0.3 is 16.0 Å². The first-order valence-electron chi connectivity index (χ1n) is 8.55. The Bertz CT molecular complexity index is 930. The quantitative estimate of drug-likeness (QED) is 0.455. The molecule has 2 aromatic carbocycles. The number of thiocarbonyl (C=S) groups is 2. The molecular formula is C20H18N4O2S2. The normalized spacial score (nSPS) is 19.3. The van der Waals surface area contributed by atoms with Crippen molar-refractivity contribution >= 4 is 52.6 Å². The Labute approximate surface area is 173 Å². The lowest BCUT2D eigenvalue weighted by atomic mass is 10.1. The number of amides is 2. The van der Waals surface area contributed by atoms with Gasteiger partial charge in [-0.1, -0.05) is 60.7 Å². The van der Waals surface area contributed by atoms with Gasteiger partial charge in [-0.25, -0.2) is 0 Å². The van der Waals surface area contributed by atoms with E-state index in [0.29, 0.717) is 22.3 Å². The highest BCUT2D eigenvalue weighted by molar-refractivity contribution is 7.80. The van der Waals surface area contributed by atoms with E-state index in [9.17, 15) is 9.59 Å². The number of carbonyl (C=O) groups is 2. The summed E-state index contributed by atoms with van der Waals surface area (Å²) in [6.45, 7) is 0. The molecule has 8 heteroatoms. The van der Waals surface area contributed by atoms with Gasteiger partial charge in [0.25, 0.3) is 5.91 Å². The van der Waals surface area contributed by atoms with Crippen molar-refractivity contribution in [3.05, 3.63) is 77.5 Å². The number of rotatable bonds is 3. The number of benzene rings is 2. The standard InChI is InChI=1S/C10H10N2OS.C10H8N2OS/c2*13-9-8(11-10(14)12-9)6-7-4-2-1-3-5-7/h1-5,8H,6H2,(H2,11,12,13,14);1-6H,(H2,11,12,13,14)/b;8-6-. The molecule has 4 N–H and O–H groups in total. The van der Waals surface area contributed by atoms with Crippen molar-refractivity contribution in [3.63, 3.8) is 0 Å². The second-order valence-corrected chi connectivity index (χ2v) is 6.90. The van der Waals surface area contributed by atoms with E-state index in [0.717, 1.165) is 11.1 Å². The van der Waals surface area contributed by atoms with Gasteiger partial charge in [-0.15, -0.1) is 0 Å². The van der Waals surface area contributed by atoms with Crippen molar-refractivity contribution in [3.8, 4) is 0 Å². The predicted molar refractivity (Wildman–Crippen MR) is 116 cm³/mol. The highest BCUT2D eigenvalue weighted by Crippen LogP contribution is 2.07. The van der Waals surface area contributed by atoms with E-state index in [1.165, 1.54) is 0 Å². The molecule has 4 rings (SSSR count). The zero-order valence-corrected chi connectivity index (χ0v) is 16.4. The minimum atomic E-state index is -0.218. The molecule has 0 spiro atoms. The molecule has 1 atom stereocenters. The van der Waals surface area contributed by atoms with Crippen molar-refractivity contribution in [2.75, 3.05) is 0 Å². The summed E-state index contributed by atoms with van der Waals surface area (Å²) in [5.41, 5.74) is 2.58. The van der Waals surface area contributed by atoms with Crippen molar-refractivity contribution in [2.24, 2.45) is 0 Å². The zero-order chi connectivity index (χ0) is 19.9. The lowest BCUT2D eigenvalue weighted by molar-refractivity contribution is -0.120. The van der Waals surface area contributed by atoms with Crippen molar-refractivity contribution in [2.45, 2.75) is 12.5 Å². The zero-order valence-electron chi connectivity index (χ0n) is 14.8. The predicted octanol–water partition coefficient (Wildman–Crippen LogP) is 1.63. The first kappa shape index (κ1) is 19.7. The Balaban J connectivity index is 0.000000161. The van der Waals surface area contributed by atoms with Crippen molar-refractivity contribution < 1.29 is 9.59 Å². The molecule has 2 aliphatic heterocycles. The van der Waals surface area contributed by atoms with Gasteiger partial charge in [0.1, 0.15) is 11.7 Å². The van der Waals surface area contributed by atoms with Gasteiger partial charge in [0.15, 0.2) is 10.2 Å². The maximum absolute atomic E-state index is 11.3. The van der Waals surface area contributed by atoms with Crippen LogP contribution in [0.4, 0.5) is 0 Å². The third-order valence-corrected chi connectivity index (χ3v) is 4.40. The largest absolute Gasteiger partial charge is 0.350 e. The fourth-order valence-electron chi connectivity index (χ4n) is 2.65. The summed E-state index contributed by atoms with van der Waals surface area (Å²) in [5.74, 6) is -0.224. The van der Waals surface area contributed by atoms with Crippen LogP contribution in [-0.2, 0) is 16.0 Å². The minimum absolute atomic E-state index is 0.0427. The van der Waals surface area contributed by atoms with E-state index < -0.39 is 0 Å². The summed E-state index contributed by atoms with van der Waals surface area (Å²) in [5, 5.41) is 11.6. The molecule has 2 aliphatic rings. The summed E-state index contributed by atoms with van der Waals surface area (Å²) in [7, 11) is 0. The molecule has 2 saturated heterocycles. The number of carbonyl (C=O) groups excluding carboxylic acids is 2. The maximum Gasteiger partial charge on any atom is 0.273 e. The van der Waals surface area contributed by atoms with Gasteiger partial charge >= 0.3 is 0 Å². The van der Waals surface area contributed by atoms with E-state index in [1.54, 1.807) is 6.08 Å². The van der Waals surface area contributed by atoms with Crippen LogP contribution in [0.2, 0.25) is 0 Å². The van der Waals surface area contributed by atoms with Crippen LogP contribution in [0.3, 0.4) is 0 Å². The lowest BCUT2D eigenvalue weighted by Crippen LogP contribution is -2.30. The lowest BCUT2D eigenvalue weighted by Gasteiger charge is -2.06. The first-order valence-corrected chi connectivity index (χ1v) is 9.37. The molecule has 2 fully saturated rings. The maximum atomic E-state index is 11.3. The molecule has 0 radical (unpaired) electrons. The molecule has 0 aliphatic carbocycles. The van der Waals surface area contributed by atoms with Gasteiger partial charge in [-0.3, -0.25) is 14.9 Å². The molecule has 28 heavy (non-hydrogen) atoms. The van der Waals surface area contributed by atoms with E-state index >= 15 is 0 Å². The third-order valence-electron chi connectivity index (χ3n) is 3.97. The smallest absolute Gasteiger partial charge is 0.273 e. The van der Waals surface area contributed by atoms with Gasteiger partial charge in [0.05, 0.1) is 0 Å². The van der Waals surface area contributed by atoms with Crippen LogP contribution in [0.5, 0.6) is 0 Å². The van der Waals surface area contributed by atoms with Crippen molar-refractivity contribution in [1.82, 2.24) is 21.3 Å². The summed E-state index contributed by atoms with van der Waals surface area (Å²) in [6.07, 6.45) is 2.43. The summed E-state index contributed by atoms with van der Waals surface area (Å²) in [6, 6.07) is 19.2. The van der Waals surface area contributed by atoms with E-state index in [4.69, 9.17) is 24.4 Å². The Morgan fingerprint density at radius 3 is 2.00 bits per heavy atom. The molecule has 142 valence electrons. The van der Waals surface area contributed by atoms with Crippen LogP contribution in [-0.4, -0.2) is 28.1 Å². The van der Waals surface area contributed by atoms with E-state index in [1.807, 2.05) is 60.7 Å². The average molecular weight is 411 g/mol. The van der Waals surface area contributed by atoms with E-state index in [2.05, 4.69) is 21.3 Å². The highest BCUT2D eigenvalue weighted by atomic mass is 32.1. The van der Waals surface area contributed by atoms with Crippen LogP contribution in [0.15, 0.2) is 66.4 Å². The molecule has 6 nitrogen and oxygen atoms in total. The molecule has 0 aromatic heterocycles. The Hall–Kier alpha value is -3.10. The SMILES string of the molecule is O=C1NC(=S)N/C1=C\c1ccccc1.O=C1NC(=S)NC1Cc1ccccc1. The van der Waals surface area contributed by atoms with Crippen LogP contribution in [0.25, 0.3) is 6.08 Å². The Morgan fingerprint density at radius 2 is 1.46 bits per heavy atom. The highest BCUT2D eigenvalue weighted by Gasteiger charge is 2.26. The summed E-state index contributed by atoms with van der Waals surface area (Å²) in [4.78, 5) is 22.6. The third kappa shape index (κ3) is 5.45. The fourth-order valence-corrected chi connectivity index (χ4v) is 3.10. The van der Waals surface area contributed by atoms with Crippen LogP contribution in [0.1, 0.15) is 11.1 Å². The first-order chi connectivity index (χ1) is 13.5. The molecule has 2 heterocycles. The monoisotopic (exact) mass is 410 g/mol. The molecule has 1 unspecified atom stereocenters. The molecule has 0 saturated carbocycles. The van der Waals surface area contributed by atoms with Gasteiger partial charge in [0.2, 0.25) is 5.91 Å². The number of hydrogen-bond acceptors (Lipinski definition) is 4. The molecular weight excluding hydrogens is 392 g/mol. The van der Waals surface area contributed by atoms with E-state index in [-0.39, 0.29) is 17.9 Å². The van der Waals surface area contributed by atoms with Gasteiger partial charge in [-0.2, -0.15) is 0 Å². The van der Waals surface area contributed by atoms with Gasteiger partial charge in [-0.05, 0) is 41.6 Å². The van der Waals surface area contributed by atoms with Crippen LogP contribution >= 0.6 is 24.4 Å². The topological polar surface area (TPSA) is 82.3 Å². The molecule has 0 bridgehead atoms. The van der Waals surface area contributed by atoms with Crippen LogP contribution < -0.4 is 21.3 Å². The Kier molecular flexibility index (Phi) is 6.46. The summed E-state index contributed by atoms with van der Waals surface area (Å²) < 4.78 is 0. The second-order valence-electron chi connectivity index (χ2n) is 6.08. The second kappa shape index (κ2) is 9.20. The number of hydrogen-bond donors (Lipinski definition) is 4. The fraction of sp³-hybridized carbons (Fsp3) is 0.100. The van der Waals surface area contributed by atoms with Crippen molar-refractivity contribution in [1.29, 1.82) is 0 Å². The average Bonchev–Trinajstić information content (AvgIpc) is 3.17. The molecule has 2 amide bonds. The van der Waals surface area contributed by atoms with Gasteiger partial charge in [0, 0.05) is 6.42 Å². The van der Waals surface area contributed by atoms with Crippen LogP contribution in [0, 0.1) is 0 Å². The number of nitrogens with one attached hydrogen (secondary N) is 4. The summed E-state index contributed by atoms with van der Waals surface area (Å²) >= 11 is 9.65. The Morgan fingerprint density at radius 1 is 0.821 bits per heavy atom.